The van der Waals surface area contributed by atoms with Crippen molar-refractivity contribution in [2.75, 3.05) is 6.61 Å². The van der Waals surface area contributed by atoms with Gasteiger partial charge in [-0.15, -0.1) is 9.42 Å². The van der Waals surface area contributed by atoms with E-state index < -0.39 is 25.5 Å². The molecule has 0 bridgehead atoms. The highest BCUT2D eigenvalue weighted by Gasteiger charge is 2.21. The Hall–Kier alpha value is -1.83. The number of nitrogens with zero attached hydrogens (tertiary/aromatic N) is 3. The molecule has 0 aliphatic heterocycles. The minimum atomic E-state index is -2.68. The lowest BCUT2D eigenvalue weighted by molar-refractivity contribution is 0.249. The van der Waals surface area contributed by atoms with E-state index in [2.05, 4.69) is 28.3 Å². The van der Waals surface area contributed by atoms with Gasteiger partial charge in [-0.2, -0.15) is 0 Å². The quantitative estimate of drug-likeness (QED) is 0.718. The smallest absolute Gasteiger partial charge is 0.339 e. The summed E-state index contributed by atoms with van der Waals surface area (Å²) in [5.74, 6) is 0. The van der Waals surface area contributed by atoms with Gasteiger partial charge in [-0.1, -0.05) is 33.6 Å². The first-order valence-electron chi connectivity index (χ1n) is 8.32. The van der Waals surface area contributed by atoms with Crippen molar-refractivity contribution < 1.29 is 14.0 Å². The lowest BCUT2D eigenvalue weighted by Crippen LogP contribution is -2.41. The third kappa shape index (κ3) is 5.32. The van der Waals surface area contributed by atoms with Crippen LogP contribution < -0.4 is 11.2 Å². The molecule has 2 atom stereocenters. The molecule has 2 aromatic rings. The van der Waals surface area contributed by atoms with Gasteiger partial charge in [-0.3, -0.25) is 13.9 Å². The Morgan fingerprint density at radius 2 is 1.96 bits per heavy atom. The number of fused-ring (bicyclic) bond motifs is 1. The Morgan fingerprint density at radius 3 is 2.48 bits per heavy atom. The predicted octanol–water partition coefficient (Wildman–Crippen LogP) is 2.24. The first-order valence-corrected chi connectivity index (χ1v) is 9.45. The fraction of sp³-hybridized carbons (Fsp3) is 0.667. The van der Waals surface area contributed by atoms with Gasteiger partial charge in [-0.25, -0.2) is 9.78 Å². The Bertz CT molecular complexity index is 808. The first kappa shape index (κ1) is 21.2. The summed E-state index contributed by atoms with van der Waals surface area (Å²) in [6.45, 7) is 6.17. The molecule has 0 amide bonds. The van der Waals surface area contributed by atoms with Crippen molar-refractivity contribution in [3.05, 3.63) is 27.2 Å². The standard InChI is InChI=1S/C11H15N4O5P.C4H10/c1-3-7(4-5-20-21(18)19)15-10(16)8-9(13-6-12-8)14(2)11(15)17;1-3-4-2/h6-7H,3-5H2,1-2H3,(H-,12,13,16,18,19);3-4H2,1-2H3/p+1. The summed E-state index contributed by atoms with van der Waals surface area (Å²) >= 11 is 0. The van der Waals surface area contributed by atoms with Crippen LogP contribution in [0.3, 0.4) is 0 Å². The van der Waals surface area contributed by atoms with Crippen LogP contribution in [-0.4, -0.2) is 30.6 Å². The van der Waals surface area contributed by atoms with Gasteiger partial charge in [0.15, 0.2) is 5.65 Å². The Balaban J connectivity index is 0.000000705. The first-order chi connectivity index (χ1) is 11.9. The molecule has 0 aliphatic carbocycles. The van der Waals surface area contributed by atoms with Gasteiger partial charge < -0.3 is 4.98 Å². The molecule has 140 valence electrons. The molecule has 10 heteroatoms. The van der Waals surface area contributed by atoms with Crippen LogP contribution in [0.4, 0.5) is 0 Å². The van der Waals surface area contributed by atoms with E-state index >= 15 is 0 Å². The van der Waals surface area contributed by atoms with Gasteiger partial charge in [0.1, 0.15) is 12.1 Å². The summed E-state index contributed by atoms with van der Waals surface area (Å²) in [5.41, 5.74) is -0.374. The van der Waals surface area contributed by atoms with Crippen molar-refractivity contribution in [2.24, 2.45) is 7.05 Å². The van der Waals surface area contributed by atoms with Crippen LogP contribution in [0, 0.1) is 0 Å². The van der Waals surface area contributed by atoms with E-state index in [-0.39, 0.29) is 18.5 Å². The van der Waals surface area contributed by atoms with E-state index in [1.165, 1.54) is 30.8 Å². The van der Waals surface area contributed by atoms with E-state index in [4.69, 9.17) is 4.89 Å². The van der Waals surface area contributed by atoms with Crippen molar-refractivity contribution >= 4 is 19.4 Å². The second kappa shape index (κ2) is 10.2. The highest BCUT2D eigenvalue weighted by atomic mass is 31.1. The summed E-state index contributed by atoms with van der Waals surface area (Å²) in [6, 6.07) is -0.418. The zero-order chi connectivity index (χ0) is 19.0. The number of aromatic nitrogens is 4. The lowest BCUT2D eigenvalue weighted by Gasteiger charge is -2.16. The van der Waals surface area contributed by atoms with Crippen LogP contribution in [0.1, 0.15) is 52.5 Å². The molecule has 25 heavy (non-hydrogen) atoms. The van der Waals surface area contributed by atoms with Gasteiger partial charge in [0.25, 0.3) is 5.56 Å². The Kier molecular flexibility index (Phi) is 8.68. The van der Waals surface area contributed by atoms with Crippen molar-refractivity contribution in [3.8, 4) is 0 Å². The Labute approximate surface area is 146 Å². The molecule has 2 heterocycles. The minimum Gasteiger partial charge on any atom is -0.339 e. The summed E-state index contributed by atoms with van der Waals surface area (Å²) < 4.78 is 17.5. The SMILES string of the molecule is CCC(CCO[P+](=O)O)n1c(=O)c2[nH]cnc2n(C)c1=O.CCCC. The molecule has 0 fully saturated rings. The molecule has 2 aromatic heterocycles. The van der Waals surface area contributed by atoms with E-state index in [1.54, 1.807) is 0 Å². The van der Waals surface area contributed by atoms with Gasteiger partial charge >= 0.3 is 13.9 Å². The molecule has 2 rings (SSSR count). The maximum atomic E-state index is 12.4. The number of aromatic amines is 1. The summed E-state index contributed by atoms with van der Waals surface area (Å²) in [5, 5.41) is 0. The van der Waals surface area contributed by atoms with E-state index in [9.17, 15) is 14.2 Å². The van der Waals surface area contributed by atoms with Crippen LogP contribution in [-0.2, 0) is 16.1 Å². The molecule has 2 N–H and O–H groups in total. The highest BCUT2D eigenvalue weighted by Crippen LogP contribution is 2.19. The molecule has 0 aliphatic rings. The third-order valence-corrected chi connectivity index (χ3v) is 4.26. The number of H-pyrrole nitrogens is 1. The molecular formula is C15H26N4O5P+. The average molecular weight is 373 g/mol. The summed E-state index contributed by atoms with van der Waals surface area (Å²) in [7, 11) is -1.15. The third-order valence-electron chi connectivity index (χ3n) is 3.85. The molecule has 0 spiro atoms. The fourth-order valence-electron chi connectivity index (χ4n) is 2.26. The number of hydrogen-bond donors (Lipinski definition) is 2. The predicted molar refractivity (Wildman–Crippen MR) is 95.9 cm³/mol. The molecule has 0 saturated carbocycles. The number of nitrogens with one attached hydrogen (secondary N) is 1. The molecule has 0 saturated heterocycles. The van der Waals surface area contributed by atoms with Crippen molar-refractivity contribution in [2.45, 2.75) is 52.5 Å². The van der Waals surface area contributed by atoms with E-state index in [0.717, 1.165) is 4.57 Å². The maximum Gasteiger partial charge on any atom is 0.694 e. The second-order valence-corrected chi connectivity index (χ2v) is 6.27. The molecule has 9 nitrogen and oxygen atoms in total. The molecular weight excluding hydrogens is 347 g/mol. The van der Waals surface area contributed by atoms with Crippen molar-refractivity contribution in [1.82, 2.24) is 19.1 Å². The van der Waals surface area contributed by atoms with Crippen LogP contribution in [0.25, 0.3) is 11.2 Å². The topological polar surface area (TPSA) is 119 Å². The summed E-state index contributed by atoms with van der Waals surface area (Å²) in [4.78, 5) is 40.0. The number of rotatable bonds is 7. The lowest BCUT2D eigenvalue weighted by atomic mass is 10.1. The van der Waals surface area contributed by atoms with Gasteiger partial charge in [0.2, 0.25) is 0 Å². The van der Waals surface area contributed by atoms with E-state index in [1.807, 2.05) is 6.92 Å². The number of imidazole rings is 1. The maximum absolute atomic E-state index is 12.4. The van der Waals surface area contributed by atoms with Crippen LogP contribution in [0.5, 0.6) is 0 Å². The van der Waals surface area contributed by atoms with Crippen LogP contribution >= 0.6 is 8.25 Å². The van der Waals surface area contributed by atoms with Crippen molar-refractivity contribution in [1.29, 1.82) is 0 Å². The molecule has 0 radical (unpaired) electrons. The number of hydrogen-bond acceptors (Lipinski definition) is 5. The minimum absolute atomic E-state index is 0.0131. The zero-order valence-corrected chi connectivity index (χ0v) is 16.0. The van der Waals surface area contributed by atoms with Crippen LogP contribution in [0.2, 0.25) is 0 Å². The fourth-order valence-corrected chi connectivity index (χ4v) is 2.52. The normalized spacial score (nSPS) is 12.6. The van der Waals surface area contributed by atoms with Crippen LogP contribution in [0.15, 0.2) is 15.9 Å². The van der Waals surface area contributed by atoms with Gasteiger partial charge in [0, 0.05) is 17.7 Å². The molecule has 0 aromatic carbocycles. The Morgan fingerprint density at radius 1 is 1.32 bits per heavy atom. The number of aryl methyl sites for hydroxylation is 1. The van der Waals surface area contributed by atoms with Crippen molar-refractivity contribution in [3.63, 3.8) is 0 Å². The average Bonchev–Trinajstić information content (AvgIpc) is 3.08. The number of unbranched alkanes of at least 4 members (excludes halogenated alkanes) is 1. The largest absolute Gasteiger partial charge is 0.694 e. The van der Waals surface area contributed by atoms with Gasteiger partial charge in [-0.05, 0) is 12.8 Å². The molecule has 2 unspecified atom stereocenters. The zero-order valence-electron chi connectivity index (χ0n) is 15.1. The summed E-state index contributed by atoms with van der Waals surface area (Å²) in [6.07, 6.45) is 4.80. The highest BCUT2D eigenvalue weighted by molar-refractivity contribution is 7.32. The second-order valence-electron chi connectivity index (χ2n) is 5.54. The van der Waals surface area contributed by atoms with Gasteiger partial charge in [0.05, 0.1) is 6.33 Å². The monoisotopic (exact) mass is 373 g/mol. The van der Waals surface area contributed by atoms with E-state index in [0.29, 0.717) is 12.1 Å².